The molecule has 0 saturated carbocycles. The van der Waals surface area contributed by atoms with Crippen molar-refractivity contribution >= 4 is 27.3 Å². The number of rotatable bonds is 5. The number of benzene rings is 2. The predicted molar refractivity (Wildman–Crippen MR) is 89.0 cm³/mol. The lowest BCUT2D eigenvalue weighted by molar-refractivity contribution is 0.217. The first-order valence-corrected chi connectivity index (χ1v) is 7.65. The minimum Gasteiger partial charge on any atom is -0.491 e. The molecule has 0 spiro atoms. The minimum absolute atomic E-state index is 0.196. The maximum Gasteiger partial charge on any atom is 0.121 e. The van der Waals surface area contributed by atoms with Crippen molar-refractivity contribution in [2.24, 2.45) is 0 Å². The molecule has 2 aromatic rings. The molecular formula is C17H17BrN2O. The van der Waals surface area contributed by atoms with Gasteiger partial charge in [0.25, 0.3) is 0 Å². The SMILES string of the molecule is CCC(C)Oc1cccc(Nc2ccc(C#N)cc2Br)c1. The number of halogens is 1. The van der Waals surface area contributed by atoms with Gasteiger partial charge in [0.05, 0.1) is 23.4 Å². The standard InChI is InChI=1S/C17H17BrN2O/c1-3-12(2)21-15-6-4-5-14(10-15)20-17-8-7-13(11-19)9-16(17)18/h4-10,12,20H,3H2,1-2H3. The van der Waals surface area contributed by atoms with E-state index in [0.717, 1.165) is 28.0 Å². The average molecular weight is 345 g/mol. The Balaban J connectivity index is 2.16. The van der Waals surface area contributed by atoms with Crippen molar-refractivity contribution in [3.8, 4) is 11.8 Å². The summed E-state index contributed by atoms with van der Waals surface area (Å²) in [5, 5.41) is 12.2. The molecule has 2 aromatic carbocycles. The average Bonchev–Trinajstić information content (AvgIpc) is 2.49. The second-order valence-electron chi connectivity index (χ2n) is 4.80. The molecule has 0 heterocycles. The summed E-state index contributed by atoms with van der Waals surface area (Å²) < 4.78 is 6.67. The highest BCUT2D eigenvalue weighted by Crippen LogP contribution is 2.28. The molecule has 0 saturated heterocycles. The highest BCUT2D eigenvalue weighted by molar-refractivity contribution is 9.10. The molecular weight excluding hydrogens is 328 g/mol. The molecule has 2 rings (SSSR count). The van der Waals surface area contributed by atoms with Crippen LogP contribution in [-0.2, 0) is 0 Å². The topological polar surface area (TPSA) is 45.0 Å². The Bertz CT molecular complexity index is 664. The van der Waals surface area contributed by atoms with E-state index in [2.05, 4.69) is 41.2 Å². The van der Waals surface area contributed by atoms with Gasteiger partial charge in [-0.15, -0.1) is 0 Å². The second-order valence-corrected chi connectivity index (χ2v) is 5.65. The number of nitrogens with one attached hydrogen (secondary N) is 1. The fourth-order valence-electron chi connectivity index (χ4n) is 1.80. The molecule has 0 aliphatic heterocycles. The first-order chi connectivity index (χ1) is 10.1. The van der Waals surface area contributed by atoms with Crippen LogP contribution in [0.5, 0.6) is 5.75 Å². The fourth-order valence-corrected chi connectivity index (χ4v) is 2.28. The molecule has 1 atom stereocenters. The second kappa shape index (κ2) is 7.14. The molecule has 0 radical (unpaired) electrons. The van der Waals surface area contributed by atoms with Crippen LogP contribution in [0.4, 0.5) is 11.4 Å². The molecule has 0 aliphatic rings. The van der Waals surface area contributed by atoms with Gasteiger partial charge in [0.2, 0.25) is 0 Å². The zero-order valence-electron chi connectivity index (χ0n) is 12.1. The molecule has 0 aliphatic carbocycles. The molecule has 108 valence electrons. The molecule has 3 nitrogen and oxygen atoms in total. The molecule has 0 bridgehead atoms. The number of hydrogen-bond donors (Lipinski definition) is 1. The molecule has 0 fully saturated rings. The molecule has 0 aromatic heterocycles. The van der Waals surface area contributed by atoms with Crippen LogP contribution in [0.15, 0.2) is 46.9 Å². The van der Waals surface area contributed by atoms with E-state index >= 15 is 0 Å². The lowest BCUT2D eigenvalue weighted by Gasteiger charge is -2.14. The van der Waals surface area contributed by atoms with Crippen molar-refractivity contribution in [3.05, 3.63) is 52.5 Å². The van der Waals surface area contributed by atoms with Crippen molar-refractivity contribution in [1.29, 1.82) is 5.26 Å². The minimum atomic E-state index is 0.196. The molecule has 1 N–H and O–H groups in total. The van der Waals surface area contributed by atoms with E-state index in [4.69, 9.17) is 10.00 Å². The van der Waals surface area contributed by atoms with E-state index in [-0.39, 0.29) is 6.10 Å². The van der Waals surface area contributed by atoms with Crippen molar-refractivity contribution in [3.63, 3.8) is 0 Å². The van der Waals surface area contributed by atoms with E-state index in [0.29, 0.717) is 5.56 Å². The van der Waals surface area contributed by atoms with Gasteiger partial charge in [-0.2, -0.15) is 5.26 Å². The number of anilines is 2. The maximum absolute atomic E-state index is 8.88. The largest absolute Gasteiger partial charge is 0.491 e. The van der Waals surface area contributed by atoms with Crippen molar-refractivity contribution in [2.75, 3.05) is 5.32 Å². The van der Waals surface area contributed by atoms with Crippen LogP contribution < -0.4 is 10.1 Å². The normalized spacial score (nSPS) is 11.5. The van der Waals surface area contributed by atoms with E-state index in [1.54, 1.807) is 12.1 Å². The summed E-state index contributed by atoms with van der Waals surface area (Å²) in [4.78, 5) is 0. The third-order valence-electron chi connectivity index (χ3n) is 3.12. The van der Waals surface area contributed by atoms with Crippen LogP contribution in [0, 0.1) is 11.3 Å². The van der Waals surface area contributed by atoms with Gasteiger partial charge in [-0.05, 0) is 59.6 Å². The monoisotopic (exact) mass is 344 g/mol. The Hall–Kier alpha value is -1.99. The Morgan fingerprint density at radius 3 is 2.76 bits per heavy atom. The Morgan fingerprint density at radius 1 is 1.29 bits per heavy atom. The highest BCUT2D eigenvalue weighted by Gasteiger charge is 2.05. The smallest absolute Gasteiger partial charge is 0.121 e. The van der Waals surface area contributed by atoms with Gasteiger partial charge in [0.1, 0.15) is 5.75 Å². The van der Waals surface area contributed by atoms with Crippen LogP contribution in [0.1, 0.15) is 25.8 Å². The lowest BCUT2D eigenvalue weighted by atomic mass is 10.2. The number of nitrogens with zero attached hydrogens (tertiary/aromatic N) is 1. The Kier molecular flexibility index (Phi) is 5.24. The molecule has 21 heavy (non-hydrogen) atoms. The van der Waals surface area contributed by atoms with Gasteiger partial charge in [0, 0.05) is 16.2 Å². The lowest BCUT2D eigenvalue weighted by Crippen LogP contribution is -2.09. The maximum atomic E-state index is 8.88. The summed E-state index contributed by atoms with van der Waals surface area (Å²) in [7, 11) is 0. The van der Waals surface area contributed by atoms with Crippen molar-refractivity contribution < 1.29 is 4.74 Å². The van der Waals surface area contributed by atoms with E-state index in [1.807, 2.05) is 30.3 Å². The van der Waals surface area contributed by atoms with Crippen LogP contribution >= 0.6 is 15.9 Å². The highest BCUT2D eigenvalue weighted by atomic mass is 79.9. The van der Waals surface area contributed by atoms with Gasteiger partial charge < -0.3 is 10.1 Å². The number of ether oxygens (including phenoxy) is 1. The van der Waals surface area contributed by atoms with Gasteiger partial charge >= 0.3 is 0 Å². The van der Waals surface area contributed by atoms with E-state index < -0.39 is 0 Å². The first-order valence-electron chi connectivity index (χ1n) is 6.85. The van der Waals surface area contributed by atoms with Gasteiger partial charge in [-0.25, -0.2) is 0 Å². The van der Waals surface area contributed by atoms with Crippen molar-refractivity contribution in [1.82, 2.24) is 0 Å². The molecule has 0 amide bonds. The zero-order chi connectivity index (χ0) is 15.2. The van der Waals surface area contributed by atoms with Gasteiger partial charge in [0.15, 0.2) is 0 Å². The van der Waals surface area contributed by atoms with Gasteiger partial charge in [-0.3, -0.25) is 0 Å². The fraction of sp³-hybridized carbons (Fsp3) is 0.235. The van der Waals surface area contributed by atoms with E-state index in [1.165, 1.54) is 0 Å². The zero-order valence-corrected chi connectivity index (χ0v) is 13.6. The predicted octanol–water partition coefficient (Wildman–Crippen LogP) is 5.24. The van der Waals surface area contributed by atoms with Crippen LogP contribution in [0.3, 0.4) is 0 Å². The van der Waals surface area contributed by atoms with Crippen molar-refractivity contribution in [2.45, 2.75) is 26.4 Å². The Labute approximate surface area is 133 Å². The quantitative estimate of drug-likeness (QED) is 0.806. The number of nitriles is 1. The van der Waals surface area contributed by atoms with Gasteiger partial charge in [-0.1, -0.05) is 13.0 Å². The first kappa shape index (κ1) is 15.4. The summed E-state index contributed by atoms with van der Waals surface area (Å²) in [6, 6.07) is 15.4. The third-order valence-corrected chi connectivity index (χ3v) is 3.78. The van der Waals surface area contributed by atoms with Crippen LogP contribution in [0.2, 0.25) is 0 Å². The molecule has 4 heteroatoms. The summed E-state index contributed by atoms with van der Waals surface area (Å²) in [5.74, 6) is 0.846. The van der Waals surface area contributed by atoms with Crippen LogP contribution in [0.25, 0.3) is 0 Å². The summed E-state index contributed by atoms with van der Waals surface area (Å²) in [6.07, 6.45) is 1.17. The molecule has 1 unspecified atom stereocenters. The summed E-state index contributed by atoms with van der Waals surface area (Å²) >= 11 is 3.47. The number of hydrogen-bond acceptors (Lipinski definition) is 3. The summed E-state index contributed by atoms with van der Waals surface area (Å²) in [6.45, 7) is 4.15. The van der Waals surface area contributed by atoms with E-state index in [9.17, 15) is 0 Å². The summed E-state index contributed by atoms with van der Waals surface area (Å²) in [5.41, 5.74) is 2.48. The van der Waals surface area contributed by atoms with Crippen LogP contribution in [-0.4, -0.2) is 6.10 Å². The Morgan fingerprint density at radius 2 is 2.10 bits per heavy atom. The third kappa shape index (κ3) is 4.24.